The van der Waals surface area contributed by atoms with Crippen LogP contribution in [0.15, 0.2) is 54.6 Å². The molecule has 2 aromatic carbocycles. The van der Waals surface area contributed by atoms with Crippen molar-refractivity contribution in [3.63, 3.8) is 0 Å². The van der Waals surface area contributed by atoms with Gasteiger partial charge in [0.15, 0.2) is 0 Å². The fourth-order valence-electron chi connectivity index (χ4n) is 1.96. The third-order valence-electron chi connectivity index (χ3n) is 2.97. The quantitative estimate of drug-likeness (QED) is 0.767. The molecular formula is C15H13ClN4. The van der Waals surface area contributed by atoms with E-state index in [2.05, 4.69) is 20.7 Å². The van der Waals surface area contributed by atoms with Gasteiger partial charge in [-0.2, -0.15) is 15.4 Å². The number of H-pyrrole nitrogens is 1. The van der Waals surface area contributed by atoms with Crippen LogP contribution >= 0.6 is 11.6 Å². The van der Waals surface area contributed by atoms with E-state index in [0.717, 1.165) is 27.7 Å². The van der Waals surface area contributed by atoms with Crippen LogP contribution in [0.2, 0.25) is 5.02 Å². The number of nitrogens with zero attached hydrogens (tertiary/aromatic N) is 2. The molecule has 0 bridgehead atoms. The van der Waals surface area contributed by atoms with Gasteiger partial charge in [0, 0.05) is 16.3 Å². The first-order chi connectivity index (χ1) is 9.83. The molecule has 0 aliphatic heterocycles. The zero-order valence-electron chi connectivity index (χ0n) is 10.7. The van der Waals surface area contributed by atoms with Crippen molar-refractivity contribution in [3.8, 4) is 11.3 Å². The normalized spacial score (nSPS) is 10.4. The molecule has 20 heavy (non-hydrogen) atoms. The fourth-order valence-corrected chi connectivity index (χ4v) is 2.08. The number of benzene rings is 2. The summed E-state index contributed by atoms with van der Waals surface area (Å²) < 4.78 is 0. The molecule has 3 rings (SSSR count). The maximum absolute atomic E-state index is 5.86. The molecular weight excluding hydrogens is 272 g/mol. The largest absolute Gasteiger partial charge is 0.379 e. The smallest absolute Gasteiger partial charge is 0.117 e. The molecule has 0 saturated heterocycles. The zero-order chi connectivity index (χ0) is 13.8. The molecule has 0 fully saturated rings. The highest BCUT2D eigenvalue weighted by atomic mass is 35.5. The number of rotatable bonds is 4. The number of hydrogen-bond acceptors (Lipinski definition) is 3. The highest BCUT2D eigenvalue weighted by molar-refractivity contribution is 6.30. The number of hydrogen-bond donors (Lipinski definition) is 2. The summed E-state index contributed by atoms with van der Waals surface area (Å²) in [5.74, 6) is 0. The van der Waals surface area contributed by atoms with E-state index in [4.69, 9.17) is 11.6 Å². The molecule has 0 aliphatic rings. The van der Waals surface area contributed by atoms with E-state index in [0.29, 0.717) is 6.54 Å². The molecule has 100 valence electrons. The Morgan fingerprint density at radius 3 is 2.45 bits per heavy atom. The van der Waals surface area contributed by atoms with E-state index in [-0.39, 0.29) is 0 Å². The molecule has 5 heteroatoms. The highest BCUT2D eigenvalue weighted by Gasteiger charge is 2.09. The Bertz CT molecular complexity index is 677. The molecule has 0 atom stereocenters. The van der Waals surface area contributed by atoms with Crippen LogP contribution in [0.4, 0.5) is 5.69 Å². The lowest BCUT2D eigenvalue weighted by Gasteiger charge is -2.05. The van der Waals surface area contributed by atoms with Crippen LogP contribution in [-0.4, -0.2) is 15.4 Å². The van der Waals surface area contributed by atoms with E-state index < -0.39 is 0 Å². The number of aromatic amines is 1. The van der Waals surface area contributed by atoms with E-state index in [1.165, 1.54) is 0 Å². The molecule has 0 aliphatic carbocycles. The van der Waals surface area contributed by atoms with Gasteiger partial charge < -0.3 is 5.32 Å². The van der Waals surface area contributed by atoms with E-state index in [9.17, 15) is 0 Å². The Balaban J connectivity index is 1.76. The maximum Gasteiger partial charge on any atom is 0.117 e. The van der Waals surface area contributed by atoms with Gasteiger partial charge in [-0.15, -0.1) is 0 Å². The molecule has 1 heterocycles. The van der Waals surface area contributed by atoms with Crippen molar-refractivity contribution in [3.05, 3.63) is 65.3 Å². The van der Waals surface area contributed by atoms with Crippen molar-refractivity contribution in [2.24, 2.45) is 0 Å². The minimum absolute atomic E-state index is 0.600. The van der Waals surface area contributed by atoms with E-state index in [1.807, 2.05) is 54.6 Å². The van der Waals surface area contributed by atoms with Crippen LogP contribution in [0.3, 0.4) is 0 Å². The Labute approximate surface area is 121 Å². The van der Waals surface area contributed by atoms with Crippen molar-refractivity contribution >= 4 is 17.3 Å². The minimum atomic E-state index is 0.600. The van der Waals surface area contributed by atoms with Gasteiger partial charge in [0.1, 0.15) is 11.4 Å². The second kappa shape index (κ2) is 5.75. The summed E-state index contributed by atoms with van der Waals surface area (Å²) in [7, 11) is 0. The molecule has 0 spiro atoms. The van der Waals surface area contributed by atoms with Gasteiger partial charge in [0.25, 0.3) is 0 Å². The van der Waals surface area contributed by atoms with Gasteiger partial charge in [0.2, 0.25) is 0 Å². The summed E-state index contributed by atoms with van der Waals surface area (Å²) in [5, 5.41) is 15.1. The molecule has 0 amide bonds. The van der Waals surface area contributed by atoms with Gasteiger partial charge in [-0.3, -0.25) is 0 Å². The molecule has 2 N–H and O–H groups in total. The summed E-state index contributed by atoms with van der Waals surface area (Å²) in [4.78, 5) is 0. The van der Waals surface area contributed by atoms with Gasteiger partial charge in [0.05, 0.1) is 6.54 Å². The average molecular weight is 285 g/mol. The van der Waals surface area contributed by atoms with Crippen molar-refractivity contribution in [1.82, 2.24) is 15.4 Å². The predicted octanol–water partition coefficient (Wildman–Crippen LogP) is 3.74. The highest BCUT2D eigenvalue weighted by Crippen LogP contribution is 2.20. The van der Waals surface area contributed by atoms with E-state index in [1.54, 1.807) is 0 Å². The summed E-state index contributed by atoms with van der Waals surface area (Å²) in [6.45, 7) is 0.600. The summed E-state index contributed by atoms with van der Waals surface area (Å²) in [6, 6.07) is 17.6. The average Bonchev–Trinajstić information content (AvgIpc) is 2.96. The number of aromatic nitrogens is 3. The number of nitrogens with one attached hydrogen (secondary N) is 2. The Morgan fingerprint density at radius 2 is 1.70 bits per heavy atom. The summed E-state index contributed by atoms with van der Waals surface area (Å²) in [6.07, 6.45) is 0. The first-order valence-electron chi connectivity index (χ1n) is 6.27. The molecule has 4 nitrogen and oxygen atoms in total. The van der Waals surface area contributed by atoms with Crippen molar-refractivity contribution in [2.45, 2.75) is 6.54 Å². The number of halogens is 1. The molecule has 1 aromatic heterocycles. The first-order valence-corrected chi connectivity index (χ1v) is 6.65. The summed E-state index contributed by atoms with van der Waals surface area (Å²) in [5.41, 5.74) is 3.80. The van der Waals surface area contributed by atoms with E-state index >= 15 is 0 Å². The standard InChI is InChI=1S/C15H13ClN4/c16-12-6-8-13(9-7-12)17-10-14-15(19-20-18-14)11-4-2-1-3-5-11/h1-9,17H,10H2,(H,18,19,20). The lowest BCUT2D eigenvalue weighted by molar-refractivity contribution is 0.911. The second-order valence-electron chi connectivity index (χ2n) is 4.35. The van der Waals surface area contributed by atoms with Gasteiger partial charge in [-0.25, -0.2) is 0 Å². The SMILES string of the molecule is Clc1ccc(NCc2n[nH]nc2-c2ccccc2)cc1. The minimum Gasteiger partial charge on any atom is -0.379 e. The fraction of sp³-hybridized carbons (Fsp3) is 0.0667. The van der Waals surface area contributed by atoms with Crippen LogP contribution in [0.25, 0.3) is 11.3 Å². The van der Waals surface area contributed by atoms with Crippen LogP contribution in [-0.2, 0) is 6.54 Å². The van der Waals surface area contributed by atoms with Gasteiger partial charge in [-0.05, 0) is 24.3 Å². The molecule has 0 saturated carbocycles. The summed E-state index contributed by atoms with van der Waals surface area (Å²) >= 11 is 5.86. The molecule has 0 radical (unpaired) electrons. The Morgan fingerprint density at radius 1 is 0.950 bits per heavy atom. The lowest BCUT2D eigenvalue weighted by Crippen LogP contribution is -2.01. The number of anilines is 1. The lowest BCUT2D eigenvalue weighted by atomic mass is 10.1. The monoisotopic (exact) mass is 284 g/mol. The third kappa shape index (κ3) is 2.81. The first kappa shape index (κ1) is 12.7. The Kier molecular flexibility index (Phi) is 3.65. The Hall–Kier alpha value is -2.33. The van der Waals surface area contributed by atoms with Crippen LogP contribution in [0.1, 0.15) is 5.69 Å². The van der Waals surface area contributed by atoms with Crippen molar-refractivity contribution < 1.29 is 0 Å². The third-order valence-corrected chi connectivity index (χ3v) is 3.22. The maximum atomic E-state index is 5.86. The van der Waals surface area contributed by atoms with Crippen molar-refractivity contribution in [1.29, 1.82) is 0 Å². The topological polar surface area (TPSA) is 53.6 Å². The second-order valence-corrected chi connectivity index (χ2v) is 4.78. The van der Waals surface area contributed by atoms with Gasteiger partial charge >= 0.3 is 0 Å². The molecule has 3 aromatic rings. The molecule has 0 unspecified atom stereocenters. The predicted molar refractivity (Wildman–Crippen MR) is 80.6 cm³/mol. The van der Waals surface area contributed by atoms with Crippen LogP contribution < -0.4 is 5.32 Å². The van der Waals surface area contributed by atoms with Crippen LogP contribution in [0.5, 0.6) is 0 Å². The zero-order valence-corrected chi connectivity index (χ0v) is 11.4. The van der Waals surface area contributed by atoms with Crippen LogP contribution in [0, 0.1) is 0 Å². The van der Waals surface area contributed by atoms with Crippen molar-refractivity contribution in [2.75, 3.05) is 5.32 Å². The van der Waals surface area contributed by atoms with Gasteiger partial charge in [-0.1, -0.05) is 41.9 Å².